The van der Waals surface area contributed by atoms with Gasteiger partial charge in [-0.1, -0.05) is 120 Å². The molecule has 288 valence electrons. The van der Waals surface area contributed by atoms with Crippen molar-refractivity contribution in [3.05, 3.63) is 118 Å². The van der Waals surface area contributed by atoms with E-state index in [1.54, 1.807) is 0 Å². The lowest BCUT2D eigenvalue weighted by molar-refractivity contribution is 0.164. The lowest BCUT2D eigenvalue weighted by atomic mass is 9.68. The first-order valence-corrected chi connectivity index (χ1v) is 21.7. The summed E-state index contributed by atoms with van der Waals surface area (Å²) in [6, 6.07) is 23.7. The molecule has 3 aliphatic carbocycles. The van der Waals surface area contributed by atoms with Gasteiger partial charge in [0.05, 0.1) is 0 Å². The van der Waals surface area contributed by atoms with E-state index in [0.29, 0.717) is 22.6 Å². The van der Waals surface area contributed by atoms with Gasteiger partial charge in [-0.15, -0.1) is 0 Å². The second-order valence-electron chi connectivity index (χ2n) is 17.7. The molecule has 0 spiro atoms. The van der Waals surface area contributed by atoms with Crippen LogP contribution in [0.3, 0.4) is 0 Å². The van der Waals surface area contributed by atoms with Crippen molar-refractivity contribution >= 4 is 0 Å². The molecule has 0 nitrogen and oxygen atoms in total. The van der Waals surface area contributed by atoms with E-state index in [4.69, 9.17) is 0 Å². The quantitative estimate of drug-likeness (QED) is 0.144. The third-order valence-electron chi connectivity index (χ3n) is 14.2. The molecule has 0 bridgehead atoms. The zero-order chi connectivity index (χ0) is 37.8. The van der Waals surface area contributed by atoms with Crippen molar-refractivity contribution in [2.75, 3.05) is 0 Å². The van der Waals surface area contributed by atoms with Crippen molar-refractivity contribution in [2.24, 2.45) is 23.7 Å². The molecule has 54 heavy (non-hydrogen) atoms. The van der Waals surface area contributed by atoms with E-state index < -0.39 is 11.6 Å². The van der Waals surface area contributed by atoms with Gasteiger partial charge in [-0.25, -0.2) is 13.2 Å². The van der Waals surface area contributed by atoms with Gasteiger partial charge in [0.1, 0.15) is 5.82 Å². The maximum Gasteiger partial charge on any atom is 0.167 e. The first kappa shape index (κ1) is 38.9. The number of aryl methyl sites for hydroxylation is 1. The standard InChI is InChI=1S/C51H63F3/c1-5-7-35-11-17-39(18-12-35)40-23-21-37(22-24-40)34(4)46-32-47(43-19-13-36(8-6-2)14-20-43)50(53)51(54)49(46)44-29-30-45(48(52)31-44)42-27-25-41(26-28-42)38-15-9-33(3)10-16-38/h13-14,19-24,29-35,38-39,41-42H,5-12,15-18,25-28H2,1-4H3. The molecule has 0 N–H and O–H groups in total. The Bertz CT molecular complexity index is 1810. The Hall–Kier alpha value is -3.33. The summed E-state index contributed by atoms with van der Waals surface area (Å²) in [6.07, 6.45) is 19.3. The fourth-order valence-electron chi connectivity index (χ4n) is 10.7. The van der Waals surface area contributed by atoms with Crippen molar-refractivity contribution < 1.29 is 13.2 Å². The Balaban J connectivity index is 1.18. The monoisotopic (exact) mass is 732 g/mol. The minimum Gasteiger partial charge on any atom is -0.207 e. The Labute approximate surface area is 324 Å². The van der Waals surface area contributed by atoms with Crippen LogP contribution in [0.2, 0.25) is 0 Å². The van der Waals surface area contributed by atoms with Crippen molar-refractivity contribution in [3.8, 4) is 22.3 Å². The molecule has 0 amide bonds. The summed E-state index contributed by atoms with van der Waals surface area (Å²) in [4.78, 5) is 0. The third-order valence-corrected chi connectivity index (χ3v) is 14.2. The van der Waals surface area contributed by atoms with Gasteiger partial charge in [0.25, 0.3) is 0 Å². The van der Waals surface area contributed by atoms with Gasteiger partial charge in [-0.2, -0.15) is 0 Å². The summed E-state index contributed by atoms with van der Waals surface area (Å²) < 4.78 is 49.2. The van der Waals surface area contributed by atoms with Crippen LogP contribution < -0.4 is 0 Å². The molecule has 4 aromatic carbocycles. The second-order valence-corrected chi connectivity index (χ2v) is 17.7. The van der Waals surface area contributed by atoms with Crippen LogP contribution in [0.1, 0.15) is 170 Å². The van der Waals surface area contributed by atoms with Gasteiger partial charge in [0.15, 0.2) is 11.6 Å². The van der Waals surface area contributed by atoms with Crippen molar-refractivity contribution in [3.63, 3.8) is 0 Å². The zero-order valence-corrected chi connectivity index (χ0v) is 33.4. The molecular weight excluding hydrogens is 670 g/mol. The fourth-order valence-corrected chi connectivity index (χ4v) is 10.7. The highest BCUT2D eigenvalue weighted by Gasteiger charge is 2.32. The van der Waals surface area contributed by atoms with Gasteiger partial charge < -0.3 is 0 Å². The second kappa shape index (κ2) is 17.6. The van der Waals surface area contributed by atoms with E-state index in [0.717, 1.165) is 73.3 Å². The molecule has 3 aliphatic rings. The van der Waals surface area contributed by atoms with Crippen LogP contribution in [0.4, 0.5) is 13.2 Å². The number of rotatable bonds is 11. The smallest absolute Gasteiger partial charge is 0.167 e. The highest BCUT2D eigenvalue weighted by atomic mass is 19.2. The highest BCUT2D eigenvalue weighted by Crippen LogP contribution is 2.46. The van der Waals surface area contributed by atoms with Crippen LogP contribution in [0.5, 0.6) is 0 Å². The number of halogens is 3. The molecule has 1 atom stereocenters. The van der Waals surface area contributed by atoms with E-state index in [2.05, 4.69) is 52.0 Å². The summed E-state index contributed by atoms with van der Waals surface area (Å²) in [7, 11) is 0. The Kier molecular flexibility index (Phi) is 12.7. The van der Waals surface area contributed by atoms with Gasteiger partial charge in [-0.05, 0) is 157 Å². The first-order chi connectivity index (χ1) is 26.2. The molecule has 0 aromatic heterocycles. The van der Waals surface area contributed by atoms with E-state index in [1.165, 1.54) is 81.4 Å². The van der Waals surface area contributed by atoms with Crippen molar-refractivity contribution in [1.29, 1.82) is 0 Å². The molecule has 0 radical (unpaired) electrons. The van der Waals surface area contributed by atoms with Gasteiger partial charge in [0.2, 0.25) is 0 Å². The van der Waals surface area contributed by atoms with Crippen molar-refractivity contribution in [1.82, 2.24) is 0 Å². The van der Waals surface area contributed by atoms with E-state index >= 15 is 13.2 Å². The van der Waals surface area contributed by atoms with Crippen molar-refractivity contribution in [2.45, 2.75) is 148 Å². The highest BCUT2D eigenvalue weighted by molar-refractivity contribution is 5.76. The minimum atomic E-state index is -0.901. The van der Waals surface area contributed by atoms with Gasteiger partial charge in [-0.3, -0.25) is 0 Å². The average molecular weight is 733 g/mol. The Morgan fingerprint density at radius 1 is 0.611 bits per heavy atom. The predicted octanol–water partition coefficient (Wildman–Crippen LogP) is 15.7. The maximum atomic E-state index is 16.7. The average Bonchev–Trinajstić information content (AvgIpc) is 3.20. The fraction of sp³-hybridized carbons (Fsp3) is 0.529. The lowest BCUT2D eigenvalue weighted by Gasteiger charge is -2.37. The summed E-state index contributed by atoms with van der Waals surface area (Å²) in [5.41, 5.74) is 6.50. The first-order valence-electron chi connectivity index (χ1n) is 21.7. The molecule has 0 saturated heterocycles. The van der Waals surface area contributed by atoms with Crippen LogP contribution in [-0.4, -0.2) is 0 Å². The summed E-state index contributed by atoms with van der Waals surface area (Å²) in [6.45, 7) is 8.87. The molecule has 7 rings (SSSR count). The van der Waals surface area contributed by atoms with Crippen LogP contribution in [-0.2, 0) is 6.42 Å². The minimum absolute atomic E-state index is 0.172. The van der Waals surface area contributed by atoms with Crippen LogP contribution >= 0.6 is 0 Å². The van der Waals surface area contributed by atoms with Gasteiger partial charge >= 0.3 is 0 Å². The summed E-state index contributed by atoms with van der Waals surface area (Å²) in [5, 5.41) is 0. The lowest BCUT2D eigenvalue weighted by Crippen LogP contribution is -2.25. The molecule has 3 saturated carbocycles. The molecule has 0 aliphatic heterocycles. The third kappa shape index (κ3) is 8.56. The zero-order valence-electron chi connectivity index (χ0n) is 33.4. The molecule has 3 heteroatoms. The van der Waals surface area contributed by atoms with Gasteiger partial charge in [0, 0.05) is 17.0 Å². The molecule has 3 fully saturated rings. The summed E-state index contributed by atoms with van der Waals surface area (Å²) >= 11 is 0. The molecule has 4 aromatic rings. The summed E-state index contributed by atoms with van der Waals surface area (Å²) in [5.74, 6) is 1.75. The Morgan fingerprint density at radius 2 is 1.22 bits per heavy atom. The molecular formula is C51H63F3. The van der Waals surface area contributed by atoms with E-state index in [1.807, 2.05) is 42.5 Å². The maximum absolute atomic E-state index is 16.7. The van der Waals surface area contributed by atoms with E-state index in [9.17, 15) is 0 Å². The van der Waals surface area contributed by atoms with Crippen LogP contribution in [0, 0.1) is 41.1 Å². The number of benzene rings is 4. The SMILES string of the molecule is CCCc1ccc(-c2cc(C(C)c3ccc(C4CCC(CCC)CC4)cc3)c(-c3ccc(C4CCC(C5CCC(C)CC5)CC4)c(F)c3)c(F)c2F)cc1. The topological polar surface area (TPSA) is 0 Å². The van der Waals surface area contributed by atoms with E-state index in [-0.39, 0.29) is 28.8 Å². The Morgan fingerprint density at radius 3 is 1.83 bits per heavy atom. The largest absolute Gasteiger partial charge is 0.207 e. The molecule has 1 unspecified atom stereocenters. The number of hydrogen-bond acceptors (Lipinski definition) is 0. The van der Waals surface area contributed by atoms with Crippen LogP contribution in [0.15, 0.2) is 72.8 Å². The predicted molar refractivity (Wildman–Crippen MR) is 221 cm³/mol. The normalized spacial score (nSPS) is 25.4. The van der Waals surface area contributed by atoms with Crippen LogP contribution in [0.25, 0.3) is 22.3 Å². The molecule has 0 heterocycles. The number of hydrogen-bond donors (Lipinski definition) is 0.